The largest absolute Gasteiger partial charge is 0.336 e. The summed E-state index contributed by atoms with van der Waals surface area (Å²) >= 11 is 5.17. The van der Waals surface area contributed by atoms with Crippen LogP contribution in [0.2, 0.25) is 0 Å². The van der Waals surface area contributed by atoms with Crippen LogP contribution >= 0.6 is 27.3 Å². The predicted molar refractivity (Wildman–Crippen MR) is 83.4 cm³/mol. The zero-order chi connectivity index (χ0) is 13.9. The number of hydrogen-bond acceptors (Lipinski definition) is 3. The first kappa shape index (κ1) is 15.0. The third-order valence-corrected chi connectivity index (χ3v) is 5.34. The van der Waals surface area contributed by atoms with Crippen molar-refractivity contribution >= 4 is 33.2 Å². The molecule has 0 radical (unpaired) electrons. The maximum Gasteiger partial charge on any atom is 0.242 e. The third kappa shape index (κ3) is 3.58. The van der Waals surface area contributed by atoms with Gasteiger partial charge in [0.1, 0.15) is 0 Å². The normalized spacial score (nSPS) is 23.3. The second kappa shape index (κ2) is 6.37. The first-order valence-electron chi connectivity index (χ1n) is 6.84. The van der Waals surface area contributed by atoms with Crippen LogP contribution in [0.3, 0.4) is 0 Å². The van der Waals surface area contributed by atoms with Crippen molar-refractivity contribution in [3.8, 4) is 0 Å². The lowest BCUT2D eigenvalue weighted by Crippen LogP contribution is -2.57. The summed E-state index contributed by atoms with van der Waals surface area (Å²) in [5.41, 5.74) is -0.372. The number of carbonyl (C=O) groups excluding carboxylic acids is 1. The minimum Gasteiger partial charge on any atom is -0.336 e. The number of likely N-dealkylation sites (N-methyl/N-ethyl adjacent to an activating group) is 1. The summed E-state index contributed by atoms with van der Waals surface area (Å²) in [5.74, 6) is 0.235. The molecule has 1 amide bonds. The lowest BCUT2D eigenvalue weighted by atomic mass is 9.89. The van der Waals surface area contributed by atoms with Gasteiger partial charge in [0, 0.05) is 11.4 Å². The Morgan fingerprint density at radius 3 is 2.84 bits per heavy atom. The molecule has 1 saturated heterocycles. The topological polar surface area (TPSA) is 32.3 Å². The van der Waals surface area contributed by atoms with Gasteiger partial charge >= 0.3 is 0 Å². The molecule has 0 saturated carbocycles. The SMILES string of the molecule is CCN(Cc1ccc(Br)s1)C(=O)C1(C)CCCCN1. The average molecular weight is 345 g/mol. The summed E-state index contributed by atoms with van der Waals surface area (Å²) in [6.45, 7) is 6.51. The monoisotopic (exact) mass is 344 g/mol. The van der Waals surface area contributed by atoms with Gasteiger partial charge in [0.25, 0.3) is 0 Å². The second-order valence-corrected chi connectivity index (χ2v) is 7.79. The van der Waals surface area contributed by atoms with Gasteiger partial charge in [-0.25, -0.2) is 0 Å². The molecule has 2 rings (SSSR count). The first-order chi connectivity index (χ1) is 9.05. The van der Waals surface area contributed by atoms with E-state index in [0.717, 1.165) is 29.7 Å². The third-order valence-electron chi connectivity index (χ3n) is 3.74. The smallest absolute Gasteiger partial charge is 0.242 e. The number of nitrogens with zero attached hydrogens (tertiary/aromatic N) is 1. The van der Waals surface area contributed by atoms with Crippen LogP contribution in [-0.4, -0.2) is 29.4 Å². The lowest BCUT2D eigenvalue weighted by molar-refractivity contribution is -0.139. The van der Waals surface area contributed by atoms with Crippen LogP contribution in [0.25, 0.3) is 0 Å². The average Bonchev–Trinajstić information content (AvgIpc) is 2.81. The highest BCUT2D eigenvalue weighted by molar-refractivity contribution is 9.11. The Labute approximate surface area is 127 Å². The van der Waals surface area contributed by atoms with Crippen LogP contribution in [0.5, 0.6) is 0 Å². The molecule has 3 nitrogen and oxygen atoms in total. The highest BCUT2D eigenvalue weighted by atomic mass is 79.9. The second-order valence-electron chi connectivity index (χ2n) is 5.24. The van der Waals surface area contributed by atoms with E-state index in [1.165, 1.54) is 11.3 Å². The number of hydrogen-bond donors (Lipinski definition) is 1. The van der Waals surface area contributed by atoms with Crippen molar-refractivity contribution in [3.63, 3.8) is 0 Å². The van der Waals surface area contributed by atoms with Crippen molar-refractivity contribution < 1.29 is 4.79 Å². The number of rotatable bonds is 4. The molecule has 0 aromatic carbocycles. The van der Waals surface area contributed by atoms with Gasteiger partial charge in [-0.3, -0.25) is 4.79 Å². The molecule has 1 N–H and O–H groups in total. The summed E-state index contributed by atoms with van der Waals surface area (Å²) in [7, 11) is 0. The minimum absolute atomic E-state index is 0.235. The van der Waals surface area contributed by atoms with Gasteiger partial charge in [-0.2, -0.15) is 0 Å². The molecule has 19 heavy (non-hydrogen) atoms. The van der Waals surface area contributed by atoms with Gasteiger partial charge in [0.2, 0.25) is 5.91 Å². The highest BCUT2D eigenvalue weighted by Crippen LogP contribution is 2.26. The fourth-order valence-corrected chi connectivity index (χ4v) is 4.04. The van der Waals surface area contributed by atoms with Crippen LogP contribution in [0.1, 0.15) is 38.0 Å². The van der Waals surface area contributed by atoms with Crippen molar-refractivity contribution in [1.82, 2.24) is 10.2 Å². The van der Waals surface area contributed by atoms with Crippen LogP contribution < -0.4 is 5.32 Å². The number of halogens is 1. The van der Waals surface area contributed by atoms with Crippen LogP contribution in [0.15, 0.2) is 15.9 Å². The van der Waals surface area contributed by atoms with Gasteiger partial charge in [-0.15, -0.1) is 11.3 Å². The number of piperidine rings is 1. The summed E-state index contributed by atoms with van der Waals surface area (Å²) in [4.78, 5) is 15.9. The molecule has 1 atom stereocenters. The lowest BCUT2D eigenvalue weighted by Gasteiger charge is -2.37. The Morgan fingerprint density at radius 2 is 2.32 bits per heavy atom. The molecule has 5 heteroatoms. The summed E-state index contributed by atoms with van der Waals surface area (Å²) in [6, 6.07) is 4.13. The number of nitrogens with one attached hydrogen (secondary N) is 1. The fraction of sp³-hybridized carbons (Fsp3) is 0.643. The van der Waals surface area contributed by atoms with Gasteiger partial charge in [-0.05, 0) is 67.7 Å². The van der Waals surface area contributed by atoms with E-state index in [1.54, 1.807) is 11.3 Å². The Hall–Kier alpha value is -0.390. The molecular weight excluding hydrogens is 324 g/mol. The quantitative estimate of drug-likeness (QED) is 0.907. The maximum absolute atomic E-state index is 12.7. The summed E-state index contributed by atoms with van der Waals surface area (Å²) < 4.78 is 1.12. The fourth-order valence-electron chi connectivity index (χ4n) is 2.54. The van der Waals surface area contributed by atoms with Crippen LogP contribution in [0.4, 0.5) is 0 Å². The molecule has 1 aliphatic heterocycles. The Morgan fingerprint density at radius 1 is 1.53 bits per heavy atom. The Bertz CT molecular complexity index is 440. The van der Waals surface area contributed by atoms with E-state index in [2.05, 4.69) is 27.3 Å². The molecule has 1 aromatic heterocycles. The number of carbonyl (C=O) groups is 1. The molecular formula is C14H21BrN2OS. The van der Waals surface area contributed by atoms with Crippen LogP contribution in [0, 0.1) is 0 Å². The molecule has 0 spiro atoms. The summed E-state index contributed by atoms with van der Waals surface area (Å²) in [5, 5.41) is 3.40. The van der Waals surface area contributed by atoms with Gasteiger partial charge in [0.15, 0.2) is 0 Å². The van der Waals surface area contributed by atoms with Gasteiger partial charge in [0.05, 0.1) is 15.9 Å². The zero-order valence-corrected chi connectivity index (χ0v) is 13.9. The Balaban J connectivity index is 2.06. The van der Waals surface area contributed by atoms with E-state index in [9.17, 15) is 4.79 Å². The standard InChI is InChI=1S/C14H21BrN2OS/c1-3-17(10-11-6-7-12(15)19-11)13(18)14(2)8-4-5-9-16-14/h6-7,16H,3-5,8-10H2,1-2H3. The van der Waals surface area contributed by atoms with E-state index in [4.69, 9.17) is 0 Å². The van der Waals surface area contributed by atoms with Crippen molar-refractivity contribution in [1.29, 1.82) is 0 Å². The van der Waals surface area contributed by atoms with E-state index in [0.29, 0.717) is 6.54 Å². The maximum atomic E-state index is 12.7. The molecule has 2 heterocycles. The van der Waals surface area contributed by atoms with Crippen molar-refractivity contribution in [2.45, 2.75) is 45.2 Å². The molecule has 1 unspecified atom stereocenters. The van der Waals surface area contributed by atoms with Crippen molar-refractivity contribution in [2.24, 2.45) is 0 Å². The van der Waals surface area contributed by atoms with Crippen molar-refractivity contribution in [3.05, 3.63) is 20.8 Å². The Kier molecular flexibility index (Phi) is 5.03. The zero-order valence-electron chi connectivity index (χ0n) is 11.5. The van der Waals surface area contributed by atoms with Gasteiger partial charge < -0.3 is 10.2 Å². The first-order valence-corrected chi connectivity index (χ1v) is 8.45. The number of amides is 1. The molecule has 1 fully saturated rings. The van der Waals surface area contributed by atoms with E-state index in [1.807, 2.05) is 24.8 Å². The van der Waals surface area contributed by atoms with E-state index >= 15 is 0 Å². The summed E-state index contributed by atoms with van der Waals surface area (Å²) in [6.07, 6.45) is 3.25. The molecule has 1 aromatic rings. The predicted octanol–water partition coefficient (Wildman–Crippen LogP) is 3.39. The van der Waals surface area contributed by atoms with Crippen LogP contribution in [-0.2, 0) is 11.3 Å². The molecule has 1 aliphatic rings. The molecule has 0 bridgehead atoms. The molecule has 106 valence electrons. The van der Waals surface area contributed by atoms with Gasteiger partial charge in [-0.1, -0.05) is 0 Å². The minimum atomic E-state index is -0.372. The van der Waals surface area contributed by atoms with E-state index < -0.39 is 0 Å². The molecule has 0 aliphatic carbocycles. The highest BCUT2D eigenvalue weighted by Gasteiger charge is 2.37. The van der Waals surface area contributed by atoms with E-state index in [-0.39, 0.29) is 11.4 Å². The van der Waals surface area contributed by atoms with Crippen molar-refractivity contribution in [2.75, 3.05) is 13.1 Å². The number of thiophene rings is 1.